The zero-order valence-electron chi connectivity index (χ0n) is 22.3. The van der Waals surface area contributed by atoms with E-state index in [2.05, 4.69) is 12.1 Å². The van der Waals surface area contributed by atoms with Crippen LogP contribution in [-0.2, 0) is 26.1 Å². The molecule has 1 fully saturated rings. The van der Waals surface area contributed by atoms with Crippen molar-refractivity contribution in [3.63, 3.8) is 0 Å². The standard InChI is InChI=1S/C31H32O7S/c1-19-4-12-26(13-5-19)39(34,35)38-28-15-11-23(16-25(28)18-32)27-14-10-21-6-9-24(17-29(21)37-27)30(22-7-8-22)20(2)31(33)36-3/h4-6,9,11-13,15-18,20,22,27,30H,7-8,10,14H2,1-3H3/t20-,27?,30-/m0/s1. The molecule has 39 heavy (non-hydrogen) atoms. The first-order chi connectivity index (χ1) is 18.7. The van der Waals surface area contributed by atoms with Gasteiger partial charge in [-0.05, 0) is 91.5 Å². The maximum Gasteiger partial charge on any atom is 0.339 e. The minimum absolute atomic E-state index is 0.0167. The first-order valence-electron chi connectivity index (χ1n) is 13.2. The number of rotatable bonds is 9. The van der Waals surface area contributed by atoms with Crippen molar-refractivity contribution >= 4 is 22.4 Å². The number of carbonyl (C=O) groups excluding carboxylic acids is 2. The SMILES string of the molecule is COC(=O)[C@@H](C)[C@H](c1ccc2c(c1)OC(c1ccc(OS(=O)(=O)c3ccc(C)cc3)c(C=O)c1)CC2)C1CC1. The Hall–Kier alpha value is -3.65. The van der Waals surface area contributed by atoms with Gasteiger partial charge in [0, 0.05) is 0 Å². The molecule has 1 heterocycles. The van der Waals surface area contributed by atoms with E-state index in [0.29, 0.717) is 18.6 Å². The Labute approximate surface area is 229 Å². The minimum atomic E-state index is -4.09. The summed E-state index contributed by atoms with van der Waals surface area (Å²) in [6.45, 7) is 3.78. The Bertz CT molecular complexity index is 1490. The number of hydrogen-bond donors (Lipinski definition) is 0. The van der Waals surface area contributed by atoms with Gasteiger partial charge in [-0.3, -0.25) is 9.59 Å². The van der Waals surface area contributed by atoms with Gasteiger partial charge < -0.3 is 13.7 Å². The molecule has 0 bridgehead atoms. The summed E-state index contributed by atoms with van der Waals surface area (Å²) in [5, 5.41) is 0. The summed E-state index contributed by atoms with van der Waals surface area (Å²) >= 11 is 0. The first-order valence-corrected chi connectivity index (χ1v) is 14.6. The molecule has 1 aliphatic carbocycles. The zero-order valence-corrected chi connectivity index (χ0v) is 23.1. The zero-order chi connectivity index (χ0) is 27.7. The molecular formula is C31H32O7S. The topological polar surface area (TPSA) is 96.0 Å². The predicted molar refractivity (Wildman–Crippen MR) is 146 cm³/mol. The summed E-state index contributed by atoms with van der Waals surface area (Å²) in [6.07, 6.45) is 3.96. The third-order valence-corrected chi connectivity index (χ3v) is 8.95. The fourth-order valence-electron chi connectivity index (χ4n) is 5.39. The molecule has 0 radical (unpaired) electrons. The second-order valence-electron chi connectivity index (χ2n) is 10.5. The molecule has 3 aromatic rings. The summed E-state index contributed by atoms with van der Waals surface area (Å²) in [5.74, 6) is 0.796. The Morgan fingerprint density at radius 2 is 1.77 bits per heavy atom. The van der Waals surface area contributed by atoms with E-state index in [1.54, 1.807) is 24.3 Å². The third kappa shape index (κ3) is 5.71. The van der Waals surface area contributed by atoms with Crippen molar-refractivity contribution in [2.24, 2.45) is 11.8 Å². The summed E-state index contributed by atoms with van der Waals surface area (Å²) in [5.41, 5.74) is 3.97. The van der Waals surface area contributed by atoms with Crippen LogP contribution in [0.25, 0.3) is 0 Å². The van der Waals surface area contributed by atoms with Gasteiger partial charge in [-0.15, -0.1) is 0 Å². The molecule has 2 aliphatic rings. The van der Waals surface area contributed by atoms with E-state index in [0.717, 1.165) is 47.3 Å². The molecule has 204 valence electrons. The van der Waals surface area contributed by atoms with Crippen LogP contribution in [0.5, 0.6) is 11.5 Å². The highest BCUT2D eigenvalue weighted by Crippen LogP contribution is 2.48. The number of esters is 1. The largest absolute Gasteiger partial charge is 0.485 e. The molecule has 0 spiro atoms. The van der Waals surface area contributed by atoms with Crippen molar-refractivity contribution in [1.29, 1.82) is 0 Å². The van der Waals surface area contributed by atoms with Crippen molar-refractivity contribution < 1.29 is 31.7 Å². The number of methoxy groups -OCH3 is 1. The molecule has 0 aromatic heterocycles. The second-order valence-corrected chi connectivity index (χ2v) is 12.0. The van der Waals surface area contributed by atoms with Crippen LogP contribution in [-0.4, -0.2) is 27.8 Å². The van der Waals surface area contributed by atoms with E-state index in [4.69, 9.17) is 13.7 Å². The van der Waals surface area contributed by atoms with Gasteiger partial charge in [-0.25, -0.2) is 0 Å². The maximum atomic E-state index is 12.8. The molecule has 0 N–H and O–H groups in total. The van der Waals surface area contributed by atoms with Crippen molar-refractivity contribution in [2.75, 3.05) is 7.11 Å². The van der Waals surface area contributed by atoms with Crippen LogP contribution in [0.4, 0.5) is 0 Å². The van der Waals surface area contributed by atoms with Gasteiger partial charge in [0.05, 0.1) is 18.6 Å². The highest BCUT2D eigenvalue weighted by Gasteiger charge is 2.39. The molecule has 3 atom stereocenters. The molecule has 1 saturated carbocycles. The lowest BCUT2D eigenvalue weighted by atomic mass is 9.82. The summed E-state index contributed by atoms with van der Waals surface area (Å²) < 4.78 is 42.3. The van der Waals surface area contributed by atoms with E-state index in [1.807, 2.05) is 19.9 Å². The normalized spacial score (nSPS) is 18.3. The first kappa shape index (κ1) is 26.9. The molecule has 0 amide bonds. The summed E-state index contributed by atoms with van der Waals surface area (Å²) in [4.78, 5) is 24.2. The number of aldehydes is 1. The van der Waals surface area contributed by atoms with Gasteiger partial charge in [0.25, 0.3) is 0 Å². The van der Waals surface area contributed by atoms with Crippen molar-refractivity contribution in [3.05, 3.63) is 88.5 Å². The van der Waals surface area contributed by atoms with Crippen LogP contribution in [0.1, 0.15) is 70.8 Å². The van der Waals surface area contributed by atoms with E-state index in [9.17, 15) is 18.0 Å². The Balaban J connectivity index is 1.37. The van der Waals surface area contributed by atoms with Crippen LogP contribution in [0.15, 0.2) is 65.6 Å². The molecule has 1 unspecified atom stereocenters. The van der Waals surface area contributed by atoms with Gasteiger partial charge in [-0.1, -0.05) is 42.8 Å². The van der Waals surface area contributed by atoms with Gasteiger partial charge in [0.15, 0.2) is 12.0 Å². The van der Waals surface area contributed by atoms with Gasteiger partial charge in [0.1, 0.15) is 16.7 Å². The van der Waals surface area contributed by atoms with E-state index < -0.39 is 10.1 Å². The van der Waals surface area contributed by atoms with Crippen molar-refractivity contribution in [1.82, 2.24) is 0 Å². The Morgan fingerprint density at radius 3 is 2.44 bits per heavy atom. The molecule has 5 rings (SSSR count). The highest BCUT2D eigenvalue weighted by atomic mass is 32.2. The average Bonchev–Trinajstić information content (AvgIpc) is 3.77. The molecule has 8 heteroatoms. The maximum absolute atomic E-state index is 12.8. The quantitative estimate of drug-likeness (QED) is 0.185. The Kier molecular flexibility index (Phi) is 7.49. The molecule has 1 aliphatic heterocycles. The lowest BCUT2D eigenvalue weighted by Gasteiger charge is -2.29. The third-order valence-electron chi connectivity index (χ3n) is 7.70. The van der Waals surface area contributed by atoms with E-state index in [1.165, 1.54) is 25.3 Å². The lowest BCUT2D eigenvalue weighted by molar-refractivity contribution is -0.145. The van der Waals surface area contributed by atoms with Crippen LogP contribution in [0.2, 0.25) is 0 Å². The molecule has 7 nitrogen and oxygen atoms in total. The molecular weight excluding hydrogens is 516 g/mol. The van der Waals surface area contributed by atoms with Crippen LogP contribution < -0.4 is 8.92 Å². The summed E-state index contributed by atoms with van der Waals surface area (Å²) in [6, 6.07) is 17.4. The van der Waals surface area contributed by atoms with Crippen molar-refractivity contribution in [2.45, 2.75) is 56.4 Å². The van der Waals surface area contributed by atoms with Crippen LogP contribution in [0, 0.1) is 18.8 Å². The number of benzene rings is 3. The van der Waals surface area contributed by atoms with E-state index in [-0.39, 0.29) is 40.1 Å². The monoisotopic (exact) mass is 548 g/mol. The number of fused-ring (bicyclic) bond motifs is 1. The lowest BCUT2D eigenvalue weighted by Crippen LogP contribution is -2.23. The number of carbonyl (C=O) groups is 2. The van der Waals surface area contributed by atoms with Gasteiger partial charge in [-0.2, -0.15) is 8.42 Å². The number of ether oxygens (including phenoxy) is 2. The Morgan fingerprint density at radius 1 is 1.03 bits per heavy atom. The smallest absolute Gasteiger partial charge is 0.339 e. The second kappa shape index (κ2) is 10.8. The number of hydrogen-bond acceptors (Lipinski definition) is 7. The highest BCUT2D eigenvalue weighted by molar-refractivity contribution is 7.87. The van der Waals surface area contributed by atoms with Gasteiger partial charge >= 0.3 is 16.1 Å². The fraction of sp³-hybridized carbons (Fsp3) is 0.355. The average molecular weight is 549 g/mol. The van der Waals surface area contributed by atoms with Gasteiger partial charge in [0.2, 0.25) is 0 Å². The predicted octanol–water partition coefficient (Wildman–Crippen LogP) is 5.94. The van der Waals surface area contributed by atoms with Crippen LogP contribution >= 0.6 is 0 Å². The van der Waals surface area contributed by atoms with Crippen LogP contribution in [0.3, 0.4) is 0 Å². The molecule has 3 aromatic carbocycles. The van der Waals surface area contributed by atoms with E-state index >= 15 is 0 Å². The fourth-order valence-corrected chi connectivity index (χ4v) is 6.35. The number of aryl methyl sites for hydroxylation is 2. The molecule has 0 saturated heterocycles. The minimum Gasteiger partial charge on any atom is -0.485 e. The summed E-state index contributed by atoms with van der Waals surface area (Å²) in [7, 11) is -2.67. The van der Waals surface area contributed by atoms with Crippen molar-refractivity contribution in [3.8, 4) is 11.5 Å².